The Bertz CT molecular complexity index is 554. The smallest absolute Gasteiger partial charge is 0.222 e. The van der Waals surface area contributed by atoms with Crippen molar-refractivity contribution in [3.05, 3.63) is 24.3 Å². The van der Waals surface area contributed by atoms with Crippen molar-refractivity contribution in [2.45, 2.75) is 18.9 Å². The molecule has 1 aromatic carbocycles. The highest BCUT2D eigenvalue weighted by atomic mass is 35.5. The molecule has 0 radical (unpaired) electrons. The number of phenols is 1. The number of anilines is 1. The Morgan fingerprint density at radius 2 is 1.76 bits per heavy atom. The number of halogens is 2. The van der Waals surface area contributed by atoms with E-state index in [0.29, 0.717) is 19.5 Å². The van der Waals surface area contributed by atoms with Crippen molar-refractivity contribution in [1.82, 2.24) is 9.80 Å². The van der Waals surface area contributed by atoms with Crippen LogP contribution in [-0.2, 0) is 4.79 Å². The number of aliphatic hydroxyl groups is 1. The number of amides is 1. The largest absolute Gasteiger partial charge is 0.508 e. The first-order chi connectivity index (χ1) is 11.1. The average molecular weight is 392 g/mol. The number of likely N-dealkylation sites (tertiary alicyclic amines) is 1. The number of hydrogen-bond donors (Lipinski definition) is 2. The van der Waals surface area contributed by atoms with E-state index in [1.165, 1.54) is 0 Å². The van der Waals surface area contributed by atoms with Gasteiger partial charge in [-0.15, -0.1) is 24.8 Å². The Hall–Kier alpha value is -1.21. The summed E-state index contributed by atoms with van der Waals surface area (Å²) in [6.45, 7) is 5.34. The zero-order valence-electron chi connectivity index (χ0n) is 14.2. The summed E-state index contributed by atoms with van der Waals surface area (Å²) in [5, 5.41) is 19.8. The van der Waals surface area contributed by atoms with Crippen LogP contribution in [0.25, 0.3) is 0 Å². The first-order valence-corrected chi connectivity index (χ1v) is 8.34. The summed E-state index contributed by atoms with van der Waals surface area (Å²) in [6, 6.07) is 7.32. The number of carbonyl (C=O) groups excluding carboxylic acids is 1. The van der Waals surface area contributed by atoms with Crippen LogP contribution in [0.1, 0.15) is 12.8 Å². The van der Waals surface area contributed by atoms with E-state index in [4.69, 9.17) is 0 Å². The van der Waals surface area contributed by atoms with Gasteiger partial charge in [0.05, 0.1) is 6.10 Å². The number of piperazine rings is 1. The van der Waals surface area contributed by atoms with Crippen molar-refractivity contribution in [3.63, 3.8) is 0 Å². The lowest BCUT2D eigenvalue weighted by Crippen LogP contribution is -2.50. The fraction of sp³-hybridized carbons (Fsp3) is 0.588. The van der Waals surface area contributed by atoms with Crippen molar-refractivity contribution in [3.8, 4) is 5.75 Å². The molecule has 1 amide bonds. The molecule has 2 aliphatic rings. The van der Waals surface area contributed by atoms with Gasteiger partial charge in [0.1, 0.15) is 5.75 Å². The molecule has 2 saturated heterocycles. The van der Waals surface area contributed by atoms with Gasteiger partial charge in [0.25, 0.3) is 0 Å². The SMILES string of the molecule is Cl.Cl.O=C1CCCN1CC(O)CN1CCN(c2cccc(O)c2)CC1. The molecule has 6 nitrogen and oxygen atoms in total. The molecule has 142 valence electrons. The van der Waals surface area contributed by atoms with Gasteiger partial charge in [0.2, 0.25) is 5.91 Å². The fourth-order valence-electron chi connectivity index (χ4n) is 3.39. The molecule has 0 aliphatic carbocycles. The summed E-state index contributed by atoms with van der Waals surface area (Å²) in [4.78, 5) is 17.9. The molecule has 0 saturated carbocycles. The lowest BCUT2D eigenvalue weighted by molar-refractivity contribution is -0.129. The molecule has 0 spiro atoms. The third-order valence-electron chi connectivity index (χ3n) is 4.64. The van der Waals surface area contributed by atoms with Gasteiger partial charge in [0, 0.05) is 64.0 Å². The maximum atomic E-state index is 11.6. The monoisotopic (exact) mass is 391 g/mol. The molecule has 1 atom stereocenters. The van der Waals surface area contributed by atoms with E-state index in [0.717, 1.165) is 44.8 Å². The van der Waals surface area contributed by atoms with Crippen LogP contribution >= 0.6 is 24.8 Å². The van der Waals surface area contributed by atoms with Crippen molar-refractivity contribution in [2.75, 3.05) is 50.7 Å². The molecule has 2 fully saturated rings. The van der Waals surface area contributed by atoms with Crippen LogP contribution < -0.4 is 4.90 Å². The average Bonchev–Trinajstić information content (AvgIpc) is 2.93. The van der Waals surface area contributed by atoms with E-state index < -0.39 is 6.10 Å². The summed E-state index contributed by atoms with van der Waals surface area (Å²) in [5.74, 6) is 0.452. The van der Waals surface area contributed by atoms with E-state index in [2.05, 4.69) is 9.80 Å². The molecule has 1 aromatic rings. The molecule has 0 bridgehead atoms. The molecule has 2 heterocycles. The second kappa shape index (κ2) is 10.1. The normalized spacial score (nSPS) is 19.3. The Morgan fingerprint density at radius 3 is 2.36 bits per heavy atom. The van der Waals surface area contributed by atoms with Crippen molar-refractivity contribution < 1.29 is 15.0 Å². The minimum absolute atomic E-state index is 0. The highest BCUT2D eigenvalue weighted by Gasteiger charge is 2.25. The number of rotatable bonds is 5. The molecule has 1 unspecified atom stereocenters. The fourth-order valence-corrected chi connectivity index (χ4v) is 3.39. The summed E-state index contributed by atoms with van der Waals surface area (Å²) >= 11 is 0. The van der Waals surface area contributed by atoms with Crippen molar-refractivity contribution >= 4 is 36.4 Å². The van der Waals surface area contributed by atoms with Crippen molar-refractivity contribution in [2.24, 2.45) is 0 Å². The van der Waals surface area contributed by atoms with Crippen LogP contribution in [-0.4, -0.2) is 77.8 Å². The maximum absolute atomic E-state index is 11.6. The Balaban J connectivity index is 0.00000156. The van der Waals surface area contributed by atoms with E-state index >= 15 is 0 Å². The molecule has 0 aromatic heterocycles. The minimum Gasteiger partial charge on any atom is -0.508 e. The summed E-state index contributed by atoms with van der Waals surface area (Å²) in [7, 11) is 0. The Kier molecular flexibility index (Phi) is 8.79. The zero-order valence-corrected chi connectivity index (χ0v) is 15.8. The topological polar surface area (TPSA) is 67.3 Å². The highest BCUT2D eigenvalue weighted by Crippen LogP contribution is 2.21. The third-order valence-corrected chi connectivity index (χ3v) is 4.64. The second-order valence-corrected chi connectivity index (χ2v) is 6.40. The Morgan fingerprint density at radius 1 is 1.04 bits per heavy atom. The van der Waals surface area contributed by atoms with Gasteiger partial charge >= 0.3 is 0 Å². The molecule has 2 N–H and O–H groups in total. The lowest BCUT2D eigenvalue weighted by Gasteiger charge is -2.37. The number of nitrogens with zero attached hydrogens (tertiary/aromatic N) is 3. The van der Waals surface area contributed by atoms with Gasteiger partial charge in [-0.05, 0) is 18.6 Å². The summed E-state index contributed by atoms with van der Waals surface area (Å²) in [6.07, 6.45) is 1.05. The standard InChI is InChI=1S/C17H25N3O3.2ClH/c21-15-4-1-3-14(11-15)19-9-7-18(8-10-19)12-16(22)13-20-6-2-5-17(20)23;;/h1,3-4,11,16,21-22H,2,5-10,12-13H2;2*1H. The maximum Gasteiger partial charge on any atom is 0.222 e. The van der Waals surface area contributed by atoms with Gasteiger partial charge in [-0.1, -0.05) is 6.07 Å². The van der Waals surface area contributed by atoms with Gasteiger partial charge < -0.3 is 20.0 Å². The van der Waals surface area contributed by atoms with Crippen LogP contribution in [0.2, 0.25) is 0 Å². The third kappa shape index (κ3) is 5.92. The summed E-state index contributed by atoms with van der Waals surface area (Å²) in [5.41, 5.74) is 1.04. The first-order valence-electron chi connectivity index (χ1n) is 8.34. The van der Waals surface area contributed by atoms with Gasteiger partial charge in [-0.3, -0.25) is 9.69 Å². The van der Waals surface area contributed by atoms with E-state index in [-0.39, 0.29) is 36.5 Å². The van der Waals surface area contributed by atoms with E-state index in [1.54, 1.807) is 17.0 Å². The van der Waals surface area contributed by atoms with Gasteiger partial charge in [0.15, 0.2) is 0 Å². The molecular formula is C17H27Cl2N3O3. The number of aliphatic hydroxyl groups excluding tert-OH is 1. The number of β-amino-alcohol motifs (C(OH)–C–C–N with tert-alkyl or cyclic N) is 1. The van der Waals surface area contributed by atoms with Gasteiger partial charge in [-0.2, -0.15) is 0 Å². The molecule has 25 heavy (non-hydrogen) atoms. The van der Waals surface area contributed by atoms with Gasteiger partial charge in [-0.25, -0.2) is 0 Å². The molecule has 2 aliphatic heterocycles. The number of benzene rings is 1. The summed E-state index contributed by atoms with van der Waals surface area (Å²) < 4.78 is 0. The quantitative estimate of drug-likeness (QED) is 0.792. The minimum atomic E-state index is -0.482. The highest BCUT2D eigenvalue weighted by molar-refractivity contribution is 5.85. The van der Waals surface area contributed by atoms with Crippen LogP contribution in [0, 0.1) is 0 Å². The number of carbonyl (C=O) groups is 1. The van der Waals surface area contributed by atoms with Crippen LogP contribution in [0.4, 0.5) is 5.69 Å². The zero-order chi connectivity index (χ0) is 16.2. The predicted octanol–water partition coefficient (Wildman–Crippen LogP) is 1.34. The Labute approximate surface area is 161 Å². The second-order valence-electron chi connectivity index (χ2n) is 6.40. The number of phenolic OH excluding ortho intramolecular Hbond substituents is 1. The predicted molar refractivity (Wildman–Crippen MR) is 103 cm³/mol. The first kappa shape index (κ1) is 21.8. The number of hydrogen-bond acceptors (Lipinski definition) is 5. The lowest BCUT2D eigenvalue weighted by atomic mass is 10.2. The molecule has 3 rings (SSSR count). The molecule has 8 heteroatoms. The number of aromatic hydroxyl groups is 1. The van der Waals surface area contributed by atoms with Crippen LogP contribution in [0.3, 0.4) is 0 Å². The van der Waals surface area contributed by atoms with Crippen molar-refractivity contribution in [1.29, 1.82) is 0 Å². The van der Waals surface area contributed by atoms with Crippen LogP contribution in [0.15, 0.2) is 24.3 Å². The van der Waals surface area contributed by atoms with E-state index in [1.807, 2.05) is 12.1 Å². The van der Waals surface area contributed by atoms with Crippen LogP contribution in [0.5, 0.6) is 5.75 Å². The molecular weight excluding hydrogens is 365 g/mol. The van der Waals surface area contributed by atoms with E-state index in [9.17, 15) is 15.0 Å².